The van der Waals surface area contributed by atoms with Gasteiger partial charge in [0.1, 0.15) is 0 Å². The van der Waals surface area contributed by atoms with Crippen LogP contribution in [0, 0.1) is 0 Å². The van der Waals surface area contributed by atoms with Crippen LogP contribution >= 0.6 is 11.6 Å². The number of aromatic nitrogens is 2. The molecule has 3 aromatic rings. The van der Waals surface area contributed by atoms with Crippen LogP contribution in [0.3, 0.4) is 0 Å². The van der Waals surface area contributed by atoms with Gasteiger partial charge in [-0.25, -0.2) is 0 Å². The molecule has 2 aromatic carbocycles. The van der Waals surface area contributed by atoms with Crippen molar-refractivity contribution in [1.82, 2.24) is 15.1 Å². The molecule has 0 saturated heterocycles. The summed E-state index contributed by atoms with van der Waals surface area (Å²) in [7, 11) is 0. The Bertz CT molecular complexity index is 1000. The molecule has 1 aliphatic rings. The van der Waals surface area contributed by atoms with Gasteiger partial charge >= 0.3 is 0 Å². The number of carbonyl (C=O) groups is 1. The largest absolute Gasteiger partial charge is 0.419 e. The fourth-order valence-electron chi connectivity index (χ4n) is 3.66. The van der Waals surface area contributed by atoms with Gasteiger partial charge in [-0.15, -0.1) is 10.2 Å². The minimum absolute atomic E-state index is 0.0919. The summed E-state index contributed by atoms with van der Waals surface area (Å²) in [5, 5.41) is 8.84. The van der Waals surface area contributed by atoms with E-state index in [2.05, 4.69) is 23.2 Å². The summed E-state index contributed by atoms with van der Waals surface area (Å²) in [4.78, 5) is 16.9. The average Bonchev–Trinajstić information content (AvgIpc) is 3.35. The van der Waals surface area contributed by atoms with E-state index in [-0.39, 0.29) is 5.91 Å². The number of fused-ring (bicyclic) bond motifs is 1. The highest BCUT2D eigenvalue weighted by Gasteiger charge is 2.26. The van der Waals surface area contributed by atoms with Crippen LogP contribution in [0.2, 0.25) is 5.02 Å². The third-order valence-corrected chi connectivity index (χ3v) is 5.35. The van der Waals surface area contributed by atoms with E-state index < -0.39 is 0 Å². The smallest absolute Gasteiger partial charge is 0.249 e. The van der Waals surface area contributed by atoms with Crippen molar-refractivity contribution in [3.05, 3.63) is 65.0 Å². The Hall–Kier alpha value is -2.70. The Kier molecular flexibility index (Phi) is 5.92. The molecule has 7 heteroatoms. The fourth-order valence-corrected chi connectivity index (χ4v) is 3.87. The number of benzene rings is 2. The van der Waals surface area contributed by atoms with Gasteiger partial charge in [0.2, 0.25) is 17.7 Å². The third kappa shape index (κ3) is 4.33. The normalized spacial score (nSPS) is 13.1. The van der Waals surface area contributed by atoms with Gasteiger partial charge in [0.25, 0.3) is 0 Å². The van der Waals surface area contributed by atoms with Gasteiger partial charge in [0.15, 0.2) is 0 Å². The van der Waals surface area contributed by atoms with Gasteiger partial charge < -0.3 is 9.32 Å². The van der Waals surface area contributed by atoms with E-state index in [1.807, 2.05) is 46.2 Å². The molecule has 0 spiro atoms. The number of anilines is 1. The van der Waals surface area contributed by atoms with E-state index in [0.717, 1.165) is 31.6 Å². The number of carbonyl (C=O) groups excluding carboxylic acids is 1. The van der Waals surface area contributed by atoms with Crippen molar-refractivity contribution < 1.29 is 9.21 Å². The van der Waals surface area contributed by atoms with E-state index in [9.17, 15) is 4.79 Å². The lowest BCUT2D eigenvalue weighted by Crippen LogP contribution is -2.39. The van der Waals surface area contributed by atoms with Crippen molar-refractivity contribution in [2.45, 2.75) is 26.3 Å². The predicted octanol–water partition coefficient (Wildman–Crippen LogP) is 4.19. The first kappa shape index (κ1) is 19.6. The Morgan fingerprint density at radius 2 is 1.97 bits per heavy atom. The predicted molar refractivity (Wildman–Crippen MR) is 113 cm³/mol. The van der Waals surface area contributed by atoms with E-state index in [0.29, 0.717) is 35.5 Å². The van der Waals surface area contributed by atoms with Gasteiger partial charge in [0, 0.05) is 12.2 Å². The maximum Gasteiger partial charge on any atom is 0.249 e. The molecule has 29 heavy (non-hydrogen) atoms. The topological polar surface area (TPSA) is 62.5 Å². The number of halogens is 1. The van der Waals surface area contributed by atoms with Gasteiger partial charge in [0.05, 0.1) is 23.7 Å². The van der Waals surface area contributed by atoms with Gasteiger partial charge in [-0.05, 0) is 43.1 Å². The second-order valence-corrected chi connectivity index (χ2v) is 7.52. The lowest BCUT2D eigenvalue weighted by atomic mass is 10.2. The Morgan fingerprint density at radius 1 is 1.17 bits per heavy atom. The van der Waals surface area contributed by atoms with Crippen molar-refractivity contribution >= 4 is 23.2 Å². The summed E-state index contributed by atoms with van der Waals surface area (Å²) >= 11 is 6.22. The highest BCUT2D eigenvalue weighted by Crippen LogP contribution is 2.28. The molecule has 0 aliphatic carbocycles. The van der Waals surface area contributed by atoms with Crippen molar-refractivity contribution in [2.75, 3.05) is 24.5 Å². The molecule has 0 N–H and O–H groups in total. The summed E-state index contributed by atoms with van der Waals surface area (Å²) < 4.78 is 5.82. The highest BCUT2D eigenvalue weighted by molar-refractivity contribution is 6.33. The molecule has 0 fully saturated rings. The molecule has 1 aromatic heterocycles. The van der Waals surface area contributed by atoms with Crippen LogP contribution in [-0.2, 0) is 17.8 Å². The minimum Gasteiger partial charge on any atom is -0.419 e. The van der Waals surface area contributed by atoms with Crippen LogP contribution in [0.1, 0.15) is 24.8 Å². The Labute approximate surface area is 175 Å². The van der Waals surface area contributed by atoms with Gasteiger partial charge in [-0.1, -0.05) is 48.9 Å². The van der Waals surface area contributed by atoms with Crippen LogP contribution in [0.25, 0.3) is 11.5 Å². The SMILES string of the molecule is CCCN(CC(=O)N1CCc2ccccc21)Cc1nnc(-c2ccccc2Cl)o1. The lowest BCUT2D eigenvalue weighted by Gasteiger charge is -2.23. The maximum atomic E-state index is 13.0. The average molecular weight is 411 g/mol. The Balaban J connectivity index is 1.45. The van der Waals surface area contributed by atoms with Gasteiger partial charge in [-0.2, -0.15) is 0 Å². The standard InChI is InChI=1S/C22H23ClN4O2/c1-2-12-26(15-21(28)27-13-11-16-7-3-6-10-19(16)27)14-20-24-25-22(29-20)17-8-4-5-9-18(17)23/h3-10H,2,11-15H2,1H3. The van der Waals surface area contributed by atoms with Crippen LogP contribution in [0.4, 0.5) is 5.69 Å². The van der Waals surface area contributed by atoms with Crippen molar-refractivity contribution in [1.29, 1.82) is 0 Å². The first-order chi connectivity index (χ1) is 14.2. The van der Waals surface area contributed by atoms with Crippen molar-refractivity contribution in [3.8, 4) is 11.5 Å². The third-order valence-electron chi connectivity index (χ3n) is 5.02. The minimum atomic E-state index is 0.0919. The summed E-state index contributed by atoms with van der Waals surface area (Å²) in [5.41, 5.74) is 2.96. The molecule has 4 rings (SSSR count). The van der Waals surface area contributed by atoms with Crippen LogP contribution in [-0.4, -0.2) is 40.6 Å². The molecule has 1 amide bonds. The molecule has 0 bridgehead atoms. The van der Waals surface area contributed by atoms with E-state index in [1.165, 1.54) is 5.56 Å². The molecule has 150 valence electrons. The lowest BCUT2D eigenvalue weighted by molar-refractivity contribution is -0.119. The molecule has 0 atom stereocenters. The van der Waals surface area contributed by atoms with Crippen LogP contribution in [0.15, 0.2) is 52.9 Å². The molecule has 0 saturated carbocycles. The quantitative estimate of drug-likeness (QED) is 0.584. The molecule has 6 nitrogen and oxygen atoms in total. The van der Waals surface area contributed by atoms with Crippen molar-refractivity contribution in [3.63, 3.8) is 0 Å². The van der Waals surface area contributed by atoms with Crippen molar-refractivity contribution in [2.24, 2.45) is 0 Å². The monoisotopic (exact) mass is 410 g/mol. The second-order valence-electron chi connectivity index (χ2n) is 7.12. The first-order valence-corrected chi connectivity index (χ1v) is 10.2. The zero-order chi connectivity index (χ0) is 20.2. The van der Waals surface area contributed by atoms with Crippen LogP contribution in [0.5, 0.6) is 0 Å². The molecule has 0 radical (unpaired) electrons. The van der Waals surface area contributed by atoms with E-state index in [1.54, 1.807) is 6.07 Å². The van der Waals surface area contributed by atoms with Gasteiger partial charge in [-0.3, -0.25) is 9.69 Å². The molecule has 0 unspecified atom stereocenters. The number of rotatable bonds is 7. The second kappa shape index (κ2) is 8.76. The number of amides is 1. The van der Waals surface area contributed by atoms with E-state index in [4.69, 9.17) is 16.0 Å². The maximum absolute atomic E-state index is 13.0. The number of para-hydroxylation sites is 1. The fraction of sp³-hybridized carbons (Fsp3) is 0.318. The summed E-state index contributed by atoms with van der Waals surface area (Å²) in [5.74, 6) is 0.957. The molecular weight excluding hydrogens is 388 g/mol. The molecule has 1 aliphatic heterocycles. The molecular formula is C22H23ClN4O2. The zero-order valence-electron chi connectivity index (χ0n) is 16.3. The number of hydrogen-bond acceptors (Lipinski definition) is 5. The summed E-state index contributed by atoms with van der Waals surface area (Å²) in [6.45, 7) is 4.32. The summed E-state index contributed by atoms with van der Waals surface area (Å²) in [6.07, 6.45) is 1.83. The Morgan fingerprint density at radius 3 is 2.79 bits per heavy atom. The number of nitrogens with zero attached hydrogens (tertiary/aromatic N) is 4. The zero-order valence-corrected chi connectivity index (χ0v) is 17.1. The molecule has 2 heterocycles. The number of hydrogen-bond donors (Lipinski definition) is 0. The first-order valence-electron chi connectivity index (χ1n) is 9.83. The van der Waals surface area contributed by atoms with E-state index >= 15 is 0 Å². The highest BCUT2D eigenvalue weighted by atomic mass is 35.5. The summed E-state index contributed by atoms with van der Waals surface area (Å²) in [6, 6.07) is 15.5. The van der Waals surface area contributed by atoms with Crippen LogP contribution < -0.4 is 4.90 Å².